The maximum Gasteiger partial charge on any atom is 0.209 e. The highest BCUT2D eigenvalue weighted by Gasteiger charge is 2.18. The highest BCUT2D eigenvalue weighted by molar-refractivity contribution is 5.63. The van der Waals surface area contributed by atoms with Crippen LogP contribution in [0.5, 0.6) is 0 Å². The van der Waals surface area contributed by atoms with E-state index in [9.17, 15) is 4.79 Å². The van der Waals surface area contributed by atoms with E-state index in [4.69, 9.17) is 0 Å². The Labute approximate surface area is 166 Å². The third-order valence-corrected chi connectivity index (χ3v) is 5.47. The van der Waals surface area contributed by atoms with Crippen LogP contribution in [-0.4, -0.2) is 60.5 Å². The molecule has 7 nitrogen and oxygen atoms in total. The number of nitrogens with zero attached hydrogens (tertiary/aromatic N) is 5. The molecule has 0 saturated carbocycles. The second-order valence-electron chi connectivity index (χ2n) is 7.51. The van der Waals surface area contributed by atoms with E-state index in [2.05, 4.69) is 49.4 Å². The van der Waals surface area contributed by atoms with Gasteiger partial charge in [-0.2, -0.15) is 0 Å². The zero-order valence-electron chi connectivity index (χ0n) is 16.5. The number of piperidine rings is 1. The average molecular weight is 380 g/mol. The lowest BCUT2D eigenvalue weighted by atomic mass is 10.1. The Kier molecular flexibility index (Phi) is 5.60. The fourth-order valence-electron chi connectivity index (χ4n) is 3.89. The first-order valence-electron chi connectivity index (χ1n) is 10.1. The van der Waals surface area contributed by atoms with Crippen molar-refractivity contribution in [1.29, 1.82) is 0 Å². The fourth-order valence-corrected chi connectivity index (χ4v) is 3.89. The van der Waals surface area contributed by atoms with Gasteiger partial charge in [0.25, 0.3) is 0 Å². The number of hydrogen-bond donors (Lipinski definition) is 1. The number of aromatic nitrogens is 2. The van der Waals surface area contributed by atoms with E-state index >= 15 is 0 Å². The van der Waals surface area contributed by atoms with Gasteiger partial charge in [-0.25, -0.2) is 9.97 Å². The summed E-state index contributed by atoms with van der Waals surface area (Å²) < 4.78 is 0. The third-order valence-electron chi connectivity index (χ3n) is 5.47. The molecule has 2 aromatic rings. The molecular weight excluding hydrogens is 352 g/mol. The topological polar surface area (TPSA) is 64.6 Å². The summed E-state index contributed by atoms with van der Waals surface area (Å²) in [4.78, 5) is 26.5. The molecule has 7 heteroatoms. The van der Waals surface area contributed by atoms with Crippen molar-refractivity contribution in [2.75, 3.05) is 54.4 Å². The Morgan fingerprint density at radius 3 is 2.29 bits per heavy atom. The number of carbonyl (C=O) groups is 1. The Morgan fingerprint density at radius 1 is 0.893 bits per heavy atom. The first kappa shape index (κ1) is 18.5. The number of benzene rings is 1. The molecule has 2 saturated heterocycles. The standard InChI is InChI=1S/C21H28N6O/c1-17-22-20(15-21(23-17)27-13-11-25(16-28)12-14-27)24-18-5-7-19(8-6-18)26-9-3-2-4-10-26/h5-8,15-16H,2-4,9-14H2,1H3,(H,22,23,24). The van der Waals surface area contributed by atoms with Crippen molar-refractivity contribution in [2.45, 2.75) is 26.2 Å². The molecule has 1 aromatic carbocycles. The molecule has 1 N–H and O–H groups in total. The van der Waals surface area contributed by atoms with E-state index in [1.807, 2.05) is 13.0 Å². The predicted octanol–water partition coefficient (Wildman–Crippen LogP) is 2.80. The minimum absolute atomic E-state index is 0.729. The molecule has 0 bridgehead atoms. The van der Waals surface area contributed by atoms with Gasteiger partial charge in [-0.1, -0.05) is 0 Å². The summed E-state index contributed by atoms with van der Waals surface area (Å²) >= 11 is 0. The number of piperazine rings is 1. The second kappa shape index (κ2) is 8.46. The van der Waals surface area contributed by atoms with Crippen LogP contribution in [0.2, 0.25) is 0 Å². The van der Waals surface area contributed by atoms with Crippen LogP contribution in [0, 0.1) is 6.92 Å². The summed E-state index contributed by atoms with van der Waals surface area (Å²) in [6.45, 7) is 7.26. The molecule has 0 atom stereocenters. The van der Waals surface area contributed by atoms with Gasteiger partial charge in [0.15, 0.2) is 0 Å². The first-order valence-corrected chi connectivity index (χ1v) is 10.1. The van der Waals surface area contributed by atoms with Crippen molar-refractivity contribution < 1.29 is 4.79 Å². The summed E-state index contributed by atoms with van der Waals surface area (Å²) in [5.74, 6) is 2.44. The lowest BCUT2D eigenvalue weighted by Crippen LogP contribution is -2.46. The van der Waals surface area contributed by atoms with Gasteiger partial charge in [0, 0.05) is 56.7 Å². The molecule has 1 amide bonds. The lowest BCUT2D eigenvalue weighted by molar-refractivity contribution is -0.118. The predicted molar refractivity (Wildman–Crippen MR) is 112 cm³/mol. The third kappa shape index (κ3) is 4.35. The van der Waals surface area contributed by atoms with Crippen LogP contribution in [0.1, 0.15) is 25.1 Å². The number of amides is 1. The van der Waals surface area contributed by atoms with Gasteiger partial charge >= 0.3 is 0 Å². The van der Waals surface area contributed by atoms with Gasteiger partial charge in [0.1, 0.15) is 17.5 Å². The quantitative estimate of drug-likeness (QED) is 0.805. The van der Waals surface area contributed by atoms with Crippen molar-refractivity contribution >= 4 is 29.4 Å². The Balaban J connectivity index is 1.44. The van der Waals surface area contributed by atoms with E-state index in [1.54, 1.807) is 4.90 Å². The van der Waals surface area contributed by atoms with E-state index in [0.29, 0.717) is 0 Å². The van der Waals surface area contributed by atoms with Gasteiger partial charge in [0.05, 0.1) is 0 Å². The molecule has 0 radical (unpaired) electrons. The van der Waals surface area contributed by atoms with Crippen LogP contribution >= 0.6 is 0 Å². The van der Waals surface area contributed by atoms with Gasteiger partial charge in [-0.05, 0) is 50.5 Å². The summed E-state index contributed by atoms with van der Waals surface area (Å²) in [5.41, 5.74) is 2.31. The molecule has 3 heterocycles. The van der Waals surface area contributed by atoms with Crippen molar-refractivity contribution in [3.05, 3.63) is 36.2 Å². The number of anilines is 4. The second-order valence-corrected chi connectivity index (χ2v) is 7.51. The molecule has 1 aromatic heterocycles. The molecule has 0 aliphatic carbocycles. The van der Waals surface area contributed by atoms with E-state index in [0.717, 1.165) is 68.8 Å². The zero-order valence-corrected chi connectivity index (χ0v) is 16.5. The highest BCUT2D eigenvalue weighted by Crippen LogP contribution is 2.24. The molecule has 4 rings (SSSR count). The van der Waals surface area contributed by atoms with Crippen molar-refractivity contribution in [3.8, 4) is 0 Å². The van der Waals surface area contributed by atoms with Crippen LogP contribution < -0.4 is 15.1 Å². The Hall–Kier alpha value is -2.83. The maximum absolute atomic E-state index is 10.9. The molecule has 0 unspecified atom stereocenters. The van der Waals surface area contributed by atoms with Crippen LogP contribution in [0.25, 0.3) is 0 Å². The van der Waals surface area contributed by atoms with Gasteiger partial charge < -0.3 is 20.0 Å². The van der Waals surface area contributed by atoms with Gasteiger partial charge in [0.2, 0.25) is 6.41 Å². The summed E-state index contributed by atoms with van der Waals surface area (Å²) in [7, 11) is 0. The summed E-state index contributed by atoms with van der Waals surface area (Å²) in [6, 6.07) is 10.6. The lowest BCUT2D eigenvalue weighted by Gasteiger charge is -2.33. The molecule has 28 heavy (non-hydrogen) atoms. The highest BCUT2D eigenvalue weighted by atomic mass is 16.1. The van der Waals surface area contributed by atoms with Gasteiger partial charge in [-0.3, -0.25) is 4.79 Å². The summed E-state index contributed by atoms with van der Waals surface area (Å²) in [5, 5.41) is 3.41. The van der Waals surface area contributed by atoms with Crippen LogP contribution in [0.3, 0.4) is 0 Å². The van der Waals surface area contributed by atoms with E-state index < -0.39 is 0 Å². The summed E-state index contributed by atoms with van der Waals surface area (Å²) in [6.07, 6.45) is 4.83. The molecular formula is C21H28N6O. The zero-order chi connectivity index (χ0) is 19.3. The van der Waals surface area contributed by atoms with Crippen molar-refractivity contribution in [1.82, 2.24) is 14.9 Å². The van der Waals surface area contributed by atoms with Crippen molar-refractivity contribution in [3.63, 3.8) is 0 Å². The molecule has 2 fully saturated rings. The first-order chi connectivity index (χ1) is 13.7. The number of carbonyl (C=O) groups excluding carboxylic acids is 1. The van der Waals surface area contributed by atoms with Crippen molar-refractivity contribution in [2.24, 2.45) is 0 Å². The number of rotatable bonds is 5. The molecule has 2 aliphatic rings. The van der Waals surface area contributed by atoms with Crippen LogP contribution in [0.15, 0.2) is 30.3 Å². The minimum Gasteiger partial charge on any atom is -0.372 e. The van der Waals surface area contributed by atoms with E-state index in [-0.39, 0.29) is 0 Å². The smallest absolute Gasteiger partial charge is 0.209 e. The number of nitrogens with one attached hydrogen (secondary N) is 1. The van der Waals surface area contributed by atoms with E-state index in [1.165, 1.54) is 24.9 Å². The molecule has 148 valence electrons. The van der Waals surface area contributed by atoms with Crippen LogP contribution in [-0.2, 0) is 4.79 Å². The fraction of sp³-hybridized carbons (Fsp3) is 0.476. The largest absolute Gasteiger partial charge is 0.372 e. The Bertz CT molecular complexity index is 795. The van der Waals surface area contributed by atoms with Crippen LogP contribution in [0.4, 0.5) is 23.0 Å². The number of hydrogen-bond acceptors (Lipinski definition) is 6. The Morgan fingerprint density at radius 2 is 1.61 bits per heavy atom. The normalized spacial score (nSPS) is 17.5. The average Bonchev–Trinajstić information content (AvgIpc) is 2.74. The maximum atomic E-state index is 10.9. The van der Waals surface area contributed by atoms with Gasteiger partial charge in [-0.15, -0.1) is 0 Å². The SMILES string of the molecule is Cc1nc(Nc2ccc(N3CCCCC3)cc2)cc(N2CCN(C=O)CC2)n1. The monoisotopic (exact) mass is 380 g/mol. The molecule has 2 aliphatic heterocycles. The molecule has 0 spiro atoms. The number of aryl methyl sites for hydroxylation is 1. The minimum atomic E-state index is 0.729.